The monoisotopic (exact) mass is 270 g/mol. The minimum Gasteiger partial charge on any atom is -0.463 e. The fourth-order valence-electron chi connectivity index (χ4n) is 1.39. The van der Waals surface area contributed by atoms with E-state index in [4.69, 9.17) is 8.83 Å². The normalized spacial score (nSPS) is 11.6. The lowest BCUT2D eigenvalue weighted by Gasteiger charge is -1.97. The first-order valence-corrected chi connectivity index (χ1v) is 5.72. The summed E-state index contributed by atoms with van der Waals surface area (Å²) < 4.78 is 11.7. The zero-order chi connectivity index (χ0) is 13.6. The van der Waals surface area contributed by atoms with Crippen LogP contribution in [-0.4, -0.2) is 27.3 Å². The maximum Gasteiger partial charge on any atom is 0.265 e. The van der Waals surface area contributed by atoms with Crippen LogP contribution in [0, 0.1) is 0 Å². The van der Waals surface area contributed by atoms with Crippen molar-refractivity contribution >= 4 is 18.4 Å². The van der Waals surface area contributed by atoms with Gasteiger partial charge in [0, 0.05) is 0 Å². The molecule has 0 atom stereocenters. The number of nitrogens with zero attached hydrogens (tertiary/aromatic N) is 5. The summed E-state index contributed by atoms with van der Waals surface area (Å²) in [4.78, 5) is 0. The average molecular weight is 270 g/mol. The molecular weight excluding hydrogens is 260 g/mol. The molecule has 3 rings (SSSR count). The number of nitrogens with one attached hydrogen (secondary N) is 1. The van der Waals surface area contributed by atoms with Gasteiger partial charge in [0.05, 0.1) is 25.0 Å². The standard InChI is InChI=1S/C12H10N6O2/c1-3-10(19-5-1)7-13-16-12-17-14-9-18(12)15-8-11-4-2-6-20-11/h1-9H,(H,16,17)/b13-7-,15-8-. The number of aromatic nitrogens is 3. The molecule has 0 spiro atoms. The second-order valence-corrected chi connectivity index (χ2v) is 3.64. The Bertz CT molecular complexity index is 696. The number of furan rings is 2. The average Bonchev–Trinajstić information content (AvgIpc) is 3.20. The van der Waals surface area contributed by atoms with Crippen molar-refractivity contribution in [3.63, 3.8) is 0 Å². The van der Waals surface area contributed by atoms with E-state index < -0.39 is 0 Å². The third-order valence-electron chi connectivity index (χ3n) is 2.28. The second-order valence-electron chi connectivity index (χ2n) is 3.64. The Kier molecular flexibility index (Phi) is 3.36. The van der Waals surface area contributed by atoms with Gasteiger partial charge in [-0.2, -0.15) is 14.9 Å². The highest BCUT2D eigenvalue weighted by atomic mass is 16.3. The van der Waals surface area contributed by atoms with Crippen LogP contribution in [0.15, 0.2) is 62.2 Å². The lowest BCUT2D eigenvalue weighted by Crippen LogP contribution is -1.98. The largest absolute Gasteiger partial charge is 0.463 e. The molecule has 0 saturated heterocycles. The molecular formula is C12H10N6O2. The van der Waals surface area contributed by atoms with Crippen molar-refractivity contribution in [2.45, 2.75) is 0 Å². The Labute approximate surface area is 113 Å². The molecule has 8 nitrogen and oxygen atoms in total. The van der Waals surface area contributed by atoms with Gasteiger partial charge < -0.3 is 8.83 Å². The Balaban J connectivity index is 1.67. The van der Waals surface area contributed by atoms with Crippen LogP contribution < -0.4 is 5.43 Å². The van der Waals surface area contributed by atoms with Gasteiger partial charge in [0.1, 0.15) is 17.8 Å². The Morgan fingerprint density at radius 2 is 1.85 bits per heavy atom. The van der Waals surface area contributed by atoms with E-state index in [1.54, 1.807) is 43.0 Å². The molecule has 0 aliphatic carbocycles. The quantitative estimate of drug-likeness (QED) is 0.563. The van der Waals surface area contributed by atoms with Gasteiger partial charge in [0.15, 0.2) is 0 Å². The zero-order valence-electron chi connectivity index (χ0n) is 10.2. The summed E-state index contributed by atoms with van der Waals surface area (Å²) in [5.74, 6) is 1.63. The van der Waals surface area contributed by atoms with Crippen LogP contribution in [0.3, 0.4) is 0 Å². The van der Waals surface area contributed by atoms with E-state index in [9.17, 15) is 0 Å². The van der Waals surface area contributed by atoms with Crippen molar-refractivity contribution in [3.05, 3.63) is 54.6 Å². The summed E-state index contributed by atoms with van der Waals surface area (Å²) in [6.07, 6.45) is 7.65. The van der Waals surface area contributed by atoms with Gasteiger partial charge >= 0.3 is 0 Å². The molecule has 20 heavy (non-hydrogen) atoms. The summed E-state index contributed by atoms with van der Waals surface area (Å²) in [5, 5.41) is 15.7. The van der Waals surface area contributed by atoms with Gasteiger partial charge in [-0.1, -0.05) is 0 Å². The molecule has 0 aliphatic heterocycles. The summed E-state index contributed by atoms with van der Waals surface area (Å²) in [6, 6.07) is 7.12. The van der Waals surface area contributed by atoms with Gasteiger partial charge in [-0.15, -0.1) is 10.2 Å². The highest BCUT2D eigenvalue weighted by Gasteiger charge is 2.00. The fourth-order valence-corrected chi connectivity index (χ4v) is 1.39. The number of hydrogen-bond acceptors (Lipinski definition) is 7. The minimum absolute atomic E-state index is 0.371. The predicted octanol–water partition coefficient (Wildman–Crippen LogP) is 1.79. The molecule has 0 aromatic carbocycles. The van der Waals surface area contributed by atoms with Crippen LogP contribution in [0.2, 0.25) is 0 Å². The van der Waals surface area contributed by atoms with Crippen molar-refractivity contribution in [1.29, 1.82) is 0 Å². The third-order valence-corrected chi connectivity index (χ3v) is 2.28. The number of anilines is 1. The summed E-state index contributed by atoms with van der Waals surface area (Å²) >= 11 is 0. The predicted molar refractivity (Wildman–Crippen MR) is 71.6 cm³/mol. The van der Waals surface area contributed by atoms with Gasteiger partial charge in [-0.05, 0) is 24.3 Å². The molecule has 0 saturated carbocycles. The molecule has 3 heterocycles. The maximum atomic E-state index is 5.14. The first kappa shape index (κ1) is 11.9. The van der Waals surface area contributed by atoms with E-state index in [0.29, 0.717) is 17.5 Å². The van der Waals surface area contributed by atoms with Crippen molar-refractivity contribution in [1.82, 2.24) is 14.9 Å². The zero-order valence-corrected chi connectivity index (χ0v) is 10.2. The number of rotatable bonds is 5. The van der Waals surface area contributed by atoms with Crippen LogP contribution in [0.5, 0.6) is 0 Å². The van der Waals surface area contributed by atoms with Crippen LogP contribution in [0.1, 0.15) is 11.5 Å². The smallest absolute Gasteiger partial charge is 0.265 e. The van der Waals surface area contributed by atoms with Crippen LogP contribution in [-0.2, 0) is 0 Å². The lowest BCUT2D eigenvalue weighted by molar-refractivity contribution is 0.559. The van der Waals surface area contributed by atoms with E-state index in [1.807, 2.05) is 0 Å². The van der Waals surface area contributed by atoms with E-state index >= 15 is 0 Å². The Morgan fingerprint density at radius 3 is 2.55 bits per heavy atom. The summed E-state index contributed by atoms with van der Waals surface area (Å²) in [6.45, 7) is 0. The van der Waals surface area contributed by atoms with Gasteiger partial charge in [0.25, 0.3) is 5.95 Å². The lowest BCUT2D eigenvalue weighted by atomic mass is 10.5. The van der Waals surface area contributed by atoms with Crippen LogP contribution in [0.25, 0.3) is 0 Å². The van der Waals surface area contributed by atoms with Gasteiger partial charge in [-0.25, -0.2) is 5.43 Å². The first-order chi connectivity index (χ1) is 9.92. The van der Waals surface area contributed by atoms with E-state index in [1.165, 1.54) is 17.2 Å². The van der Waals surface area contributed by atoms with Crippen LogP contribution >= 0.6 is 0 Å². The Hall–Kier alpha value is -3.16. The molecule has 0 amide bonds. The molecule has 1 N–H and O–H groups in total. The Morgan fingerprint density at radius 1 is 1.10 bits per heavy atom. The van der Waals surface area contributed by atoms with E-state index in [2.05, 4.69) is 25.8 Å². The molecule has 3 aromatic heterocycles. The van der Waals surface area contributed by atoms with Crippen molar-refractivity contribution < 1.29 is 8.83 Å². The second kappa shape index (κ2) is 5.65. The third kappa shape index (κ3) is 2.80. The summed E-state index contributed by atoms with van der Waals surface area (Å²) in [7, 11) is 0. The number of hydrazone groups is 1. The van der Waals surface area contributed by atoms with Crippen molar-refractivity contribution in [2.75, 3.05) is 5.43 Å². The van der Waals surface area contributed by atoms with Crippen molar-refractivity contribution in [3.8, 4) is 0 Å². The van der Waals surface area contributed by atoms with Gasteiger partial charge in [-0.3, -0.25) is 0 Å². The molecule has 0 aliphatic rings. The highest BCUT2D eigenvalue weighted by Crippen LogP contribution is 2.03. The highest BCUT2D eigenvalue weighted by molar-refractivity contribution is 5.76. The molecule has 0 fully saturated rings. The number of hydrogen-bond donors (Lipinski definition) is 1. The molecule has 3 aromatic rings. The fraction of sp³-hybridized carbons (Fsp3) is 0. The topological polar surface area (TPSA) is 93.7 Å². The minimum atomic E-state index is 0.371. The summed E-state index contributed by atoms with van der Waals surface area (Å²) in [5.41, 5.74) is 2.72. The van der Waals surface area contributed by atoms with Crippen molar-refractivity contribution in [2.24, 2.45) is 10.2 Å². The molecule has 0 bridgehead atoms. The van der Waals surface area contributed by atoms with E-state index in [0.717, 1.165) is 0 Å². The first-order valence-electron chi connectivity index (χ1n) is 5.72. The molecule has 0 unspecified atom stereocenters. The molecule has 0 radical (unpaired) electrons. The van der Waals surface area contributed by atoms with E-state index in [-0.39, 0.29) is 0 Å². The van der Waals surface area contributed by atoms with Crippen LogP contribution in [0.4, 0.5) is 5.95 Å². The molecule has 100 valence electrons. The molecule has 8 heteroatoms. The van der Waals surface area contributed by atoms with Gasteiger partial charge in [0.2, 0.25) is 0 Å². The maximum absolute atomic E-state index is 5.14. The SMILES string of the molecule is C(=N/Nc1nncn1/N=C\c1ccco1)/c1ccco1.